The minimum atomic E-state index is -0.596. The molecule has 0 amide bonds. The number of aliphatic hydroxyl groups is 1. The summed E-state index contributed by atoms with van der Waals surface area (Å²) < 4.78 is 10.9. The van der Waals surface area contributed by atoms with Crippen molar-refractivity contribution in [3.8, 4) is 11.5 Å². The molecule has 0 saturated carbocycles. The van der Waals surface area contributed by atoms with E-state index in [1.807, 2.05) is 31.5 Å². The highest BCUT2D eigenvalue weighted by molar-refractivity contribution is 5.51. The quantitative estimate of drug-likeness (QED) is 0.939. The highest BCUT2D eigenvalue weighted by Gasteiger charge is 2.29. The van der Waals surface area contributed by atoms with Crippen molar-refractivity contribution in [3.63, 3.8) is 0 Å². The van der Waals surface area contributed by atoms with Gasteiger partial charge in [-0.15, -0.1) is 0 Å². The Morgan fingerprint density at radius 1 is 1.22 bits per heavy atom. The molecule has 0 aliphatic carbocycles. The minimum absolute atomic E-state index is 0.560. The third-order valence-electron chi connectivity index (χ3n) is 4.20. The minimum Gasteiger partial charge on any atom is -0.496 e. The molecular formula is C18H22N2O3. The highest BCUT2D eigenvalue weighted by atomic mass is 16.5. The number of aromatic nitrogens is 1. The van der Waals surface area contributed by atoms with Gasteiger partial charge in [-0.25, -0.2) is 0 Å². The third-order valence-corrected chi connectivity index (χ3v) is 4.20. The van der Waals surface area contributed by atoms with Crippen molar-refractivity contribution in [2.24, 2.45) is 0 Å². The second-order valence-corrected chi connectivity index (χ2v) is 5.92. The van der Waals surface area contributed by atoms with Crippen LogP contribution in [0.3, 0.4) is 0 Å². The molecule has 1 aromatic carbocycles. The number of fused-ring (bicyclic) bond motifs is 1. The van der Waals surface area contributed by atoms with E-state index >= 15 is 0 Å². The van der Waals surface area contributed by atoms with E-state index in [1.54, 1.807) is 14.2 Å². The van der Waals surface area contributed by atoms with Crippen molar-refractivity contribution < 1.29 is 14.6 Å². The molecule has 0 fully saturated rings. The SMILES string of the molecule is COc1ccc(OC)c2c1CN(Cc1cncc(C)c1)CC2O. The van der Waals surface area contributed by atoms with Crippen molar-refractivity contribution in [2.45, 2.75) is 26.1 Å². The van der Waals surface area contributed by atoms with E-state index in [0.717, 1.165) is 34.5 Å². The Morgan fingerprint density at radius 2 is 1.96 bits per heavy atom. The number of methoxy groups -OCH3 is 2. The third kappa shape index (κ3) is 3.16. The molecule has 1 aliphatic rings. The Balaban J connectivity index is 1.90. The number of hydrogen-bond donors (Lipinski definition) is 1. The number of aliphatic hydroxyl groups excluding tert-OH is 1. The molecule has 1 atom stereocenters. The maximum Gasteiger partial charge on any atom is 0.125 e. The van der Waals surface area contributed by atoms with Crippen LogP contribution in [-0.2, 0) is 13.1 Å². The van der Waals surface area contributed by atoms with Crippen LogP contribution in [0.5, 0.6) is 11.5 Å². The molecule has 1 aromatic heterocycles. The topological polar surface area (TPSA) is 54.8 Å². The molecule has 5 nitrogen and oxygen atoms in total. The molecule has 2 heterocycles. The van der Waals surface area contributed by atoms with Gasteiger partial charge in [-0.3, -0.25) is 9.88 Å². The van der Waals surface area contributed by atoms with E-state index in [4.69, 9.17) is 9.47 Å². The second-order valence-electron chi connectivity index (χ2n) is 5.92. The number of aryl methyl sites for hydroxylation is 1. The summed E-state index contributed by atoms with van der Waals surface area (Å²) in [5, 5.41) is 10.6. The number of rotatable bonds is 4. The van der Waals surface area contributed by atoms with E-state index in [1.165, 1.54) is 0 Å². The lowest BCUT2D eigenvalue weighted by molar-refractivity contribution is 0.0842. The van der Waals surface area contributed by atoms with Crippen molar-refractivity contribution in [1.29, 1.82) is 0 Å². The molecule has 5 heteroatoms. The maximum atomic E-state index is 10.6. The molecule has 1 unspecified atom stereocenters. The van der Waals surface area contributed by atoms with Crippen LogP contribution in [0.15, 0.2) is 30.6 Å². The summed E-state index contributed by atoms with van der Waals surface area (Å²) in [5.41, 5.74) is 4.11. The number of hydrogen-bond acceptors (Lipinski definition) is 5. The molecule has 1 aliphatic heterocycles. The van der Waals surface area contributed by atoms with Crippen LogP contribution in [0.25, 0.3) is 0 Å². The van der Waals surface area contributed by atoms with Crippen molar-refractivity contribution in [2.75, 3.05) is 20.8 Å². The van der Waals surface area contributed by atoms with Gasteiger partial charge in [0, 0.05) is 43.2 Å². The van der Waals surface area contributed by atoms with Gasteiger partial charge in [0.1, 0.15) is 11.5 Å². The van der Waals surface area contributed by atoms with Crippen LogP contribution in [-0.4, -0.2) is 35.8 Å². The van der Waals surface area contributed by atoms with Gasteiger partial charge in [0.25, 0.3) is 0 Å². The summed E-state index contributed by atoms with van der Waals surface area (Å²) >= 11 is 0. The average molecular weight is 314 g/mol. The van der Waals surface area contributed by atoms with Gasteiger partial charge < -0.3 is 14.6 Å². The first-order valence-electron chi connectivity index (χ1n) is 7.67. The molecule has 1 N–H and O–H groups in total. The number of benzene rings is 1. The molecule has 23 heavy (non-hydrogen) atoms. The number of nitrogens with zero attached hydrogens (tertiary/aromatic N) is 2. The zero-order valence-corrected chi connectivity index (χ0v) is 13.7. The van der Waals surface area contributed by atoms with Gasteiger partial charge in [-0.1, -0.05) is 6.07 Å². The predicted molar refractivity (Wildman–Crippen MR) is 87.6 cm³/mol. The second kappa shape index (κ2) is 6.56. The largest absolute Gasteiger partial charge is 0.496 e. The molecule has 2 aromatic rings. The molecule has 0 spiro atoms. The molecule has 0 bridgehead atoms. The summed E-state index contributed by atoms with van der Waals surface area (Å²) in [5.74, 6) is 1.50. The van der Waals surface area contributed by atoms with Gasteiger partial charge in [-0.2, -0.15) is 0 Å². The fourth-order valence-electron chi connectivity index (χ4n) is 3.23. The van der Waals surface area contributed by atoms with Crippen LogP contribution in [0.2, 0.25) is 0 Å². The van der Waals surface area contributed by atoms with Gasteiger partial charge in [0.2, 0.25) is 0 Å². The van der Waals surface area contributed by atoms with E-state index in [2.05, 4.69) is 16.0 Å². The predicted octanol–water partition coefficient (Wildman–Crippen LogP) is 2.46. The van der Waals surface area contributed by atoms with Gasteiger partial charge in [0.15, 0.2) is 0 Å². The van der Waals surface area contributed by atoms with E-state index in [-0.39, 0.29) is 0 Å². The lowest BCUT2D eigenvalue weighted by atomic mass is 9.95. The van der Waals surface area contributed by atoms with Crippen LogP contribution >= 0.6 is 0 Å². The van der Waals surface area contributed by atoms with E-state index in [9.17, 15) is 5.11 Å². The first-order chi connectivity index (χ1) is 11.1. The summed E-state index contributed by atoms with van der Waals surface area (Å²) in [6.07, 6.45) is 3.12. The maximum absolute atomic E-state index is 10.6. The van der Waals surface area contributed by atoms with Crippen molar-refractivity contribution >= 4 is 0 Å². The van der Waals surface area contributed by atoms with Crippen LogP contribution in [0.4, 0.5) is 0 Å². The van der Waals surface area contributed by atoms with Crippen LogP contribution < -0.4 is 9.47 Å². The highest BCUT2D eigenvalue weighted by Crippen LogP contribution is 2.39. The van der Waals surface area contributed by atoms with Crippen LogP contribution in [0, 0.1) is 6.92 Å². The standard InChI is InChI=1S/C18H22N2O3/c1-12-6-13(8-19-7-12)9-20-10-14-16(22-2)4-5-17(23-3)18(14)15(21)11-20/h4-8,15,21H,9-11H2,1-3H3. The lowest BCUT2D eigenvalue weighted by Gasteiger charge is -2.34. The van der Waals surface area contributed by atoms with Gasteiger partial charge in [-0.05, 0) is 30.2 Å². The molecule has 122 valence electrons. The van der Waals surface area contributed by atoms with E-state index in [0.29, 0.717) is 18.8 Å². The monoisotopic (exact) mass is 314 g/mol. The van der Waals surface area contributed by atoms with E-state index < -0.39 is 6.10 Å². The molecule has 0 radical (unpaired) electrons. The summed E-state index contributed by atoms with van der Waals surface area (Å²) in [6, 6.07) is 5.86. The number of pyridine rings is 1. The zero-order valence-electron chi connectivity index (χ0n) is 13.7. The smallest absolute Gasteiger partial charge is 0.125 e. The van der Waals surface area contributed by atoms with Gasteiger partial charge in [0.05, 0.1) is 20.3 Å². The fourth-order valence-corrected chi connectivity index (χ4v) is 3.23. The van der Waals surface area contributed by atoms with Crippen molar-refractivity contribution in [3.05, 3.63) is 52.8 Å². The Kier molecular flexibility index (Phi) is 4.50. The fraction of sp³-hybridized carbons (Fsp3) is 0.389. The first-order valence-corrected chi connectivity index (χ1v) is 7.67. The Bertz CT molecular complexity index is 703. The molecule has 0 saturated heterocycles. The normalized spacial score (nSPS) is 17.7. The number of ether oxygens (including phenoxy) is 2. The van der Waals surface area contributed by atoms with Crippen molar-refractivity contribution in [1.82, 2.24) is 9.88 Å². The lowest BCUT2D eigenvalue weighted by Crippen LogP contribution is -2.33. The average Bonchev–Trinajstić information content (AvgIpc) is 2.53. The number of β-amino-alcohol motifs (C(OH)–C–C–N with tert-alkyl or cyclic N) is 1. The van der Waals surface area contributed by atoms with Crippen LogP contribution in [0.1, 0.15) is 28.4 Å². The Labute approximate surface area is 136 Å². The summed E-state index contributed by atoms with van der Waals surface area (Å²) in [6.45, 7) is 4.04. The summed E-state index contributed by atoms with van der Waals surface area (Å²) in [7, 11) is 3.28. The zero-order chi connectivity index (χ0) is 16.4. The Hall–Kier alpha value is -2.11. The first kappa shape index (κ1) is 15.8. The molecule has 3 rings (SSSR count). The molecular weight excluding hydrogens is 292 g/mol. The van der Waals surface area contributed by atoms with Gasteiger partial charge >= 0.3 is 0 Å². The Morgan fingerprint density at radius 3 is 2.65 bits per heavy atom. The summed E-state index contributed by atoms with van der Waals surface area (Å²) in [4.78, 5) is 6.44.